The maximum absolute atomic E-state index is 4.44. The summed E-state index contributed by atoms with van der Waals surface area (Å²) in [6, 6.07) is 6.51. The van der Waals surface area contributed by atoms with E-state index in [2.05, 4.69) is 38.0 Å². The summed E-state index contributed by atoms with van der Waals surface area (Å²) in [5.41, 5.74) is 1.06. The molecule has 1 unspecified atom stereocenters. The molecule has 1 atom stereocenters. The molecule has 0 radical (unpaired) electrons. The minimum Gasteiger partial charge on any atom is -0.367 e. The molecule has 0 bridgehead atoms. The lowest BCUT2D eigenvalue weighted by atomic mass is 10.3. The summed E-state index contributed by atoms with van der Waals surface area (Å²) in [5.74, 6) is 2.07. The highest BCUT2D eigenvalue weighted by Gasteiger charge is 2.12. The molecule has 16 heavy (non-hydrogen) atoms. The Morgan fingerprint density at radius 2 is 2.06 bits per heavy atom. The Balaban J connectivity index is 2.43. The van der Waals surface area contributed by atoms with Crippen LogP contribution >= 0.6 is 11.8 Å². The van der Waals surface area contributed by atoms with Crippen LogP contribution in [-0.2, 0) is 0 Å². The highest BCUT2D eigenvalue weighted by Crippen LogP contribution is 2.24. The molecule has 0 spiro atoms. The Hall–Kier alpha value is -0.700. The van der Waals surface area contributed by atoms with Gasteiger partial charge in [0.25, 0.3) is 0 Å². The molecule has 2 nitrogen and oxygen atoms in total. The second kappa shape index (κ2) is 5.58. The molecule has 1 heterocycles. The van der Waals surface area contributed by atoms with Crippen molar-refractivity contribution in [2.45, 2.75) is 45.4 Å². The molecule has 0 aliphatic carbocycles. The number of hydrogen-bond donors (Lipinski definition) is 1. The van der Waals surface area contributed by atoms with Gasteiger partial charge in [-0.25, -0.2) is 4.98 Å². The van der Waals surface area contributed by atoms with Gasteiger partial charge in [0.1, 0.15) is 5.82 Å². The van der Waals surface area contributed by atoms with Crippen molar-refractivity contribution in [1.29, 1.82) is 0 Å². The van der Waals surface area contributed by atoms with Crippen LogP contribution in [0.3, 0.4) is 0 Å². The Kier molecular flexibility index (Phi) is 4.66. The van der Waals surface area contributed by atoms with Crippen LogP contribution in [0.5, 0.6) is 0 Å². The molecule has 0 aromatic carbocycles. The van der Waals surface area contributed by atoms with E-state index in [1.165, 1.54) is 0 Å². The van der Waals surface area contributed by atoms with Gasteiger partial charge < -0.3 is 5.32 Å². The number of aryl methyl sites for hydroxylation is 1. The molecule has 0 aliphatic heterocycles. The highest BCUT2D eigenvalue weighted by molar-refractivity contribution is 8.00. The molecular weight excluding hydrogens is 216 g/mol. The maximum Gasteiger partial charge on any atom is 0.126 e. The first-order valence-electron chi connectivity index (χ1n) is 5.71. The van der Waals surface area contributed by atoms with Crippen molar-refractivity contribution in [3.05, 3.63) is 23.9 Å². The van der Waals surface area contributed by atoms with Gasteiger partial charge in [0, 0.05) is 22.2 Å². The monoisotopic (exact) mass is 238 g/mol. The van der Waals surface area contributed by atoms with Gasteiger partial charge >= 0.3 is 0 Å². The number of aromatic nitrogens is 1. The predicted octanol–water partition coefficient (Wildman–Crippen LogP) is 3.72. The van der Waals surface area contributed by atoms with Crippen molar-refractivity contribution in [1.82, 2.24) is 4.98 Å². The number of nitrogens with one attached hydrogen (secondary N) is 1. The summed E-state index contributed by atoms with van der Waals surface area (Å²) in [6.45, 7) is 10.9. The Morgan fingerprint density at radius 3 is 2.62 bits per heavy atom. The molecule has 90 valence electrons. The van der Waals surface area contributed by atoms with Crippen LogP contribution in [0.1, 0.15) is 33.4 Å². The van der Waals surface area contributed by atoms with Crippen LogP contribution in [0, 0.1) is 6.92 Å². The largest absolute Gasteiger partial charge is 0.367 e. The molecule has 1 aromatic heterocycles. The first-order valence-corrected chi connectivity index (χ1v) is 6.69. The fourth-order valence-electron chi connectivity index (χ4n) is 1.29. The van der Waals surface area contributed by atoms with E-state index >= 15 is 0 Å². The first-order chi connectivity index (χ1) is 7.37. The van der Waals surface area contributed by atoms with E-state index in [4.69, 9.17) is 0 Å². The Morgan fingerprint density at radius 1 is 1.38 bits per heavy atom. The molecule has 0 amide bonds. The number of nitrogens with zero attached hydrogens (tertiary/aromatic N) is 1. The van der Waals surface area contributed by atoms with Gasteiger partial charge in [-0.2, -0.15) is 11.8 Å². The van der Waals surface area contributed by atoms with Crippen LogP contribution in [0.15, 0.2) is 18.2 Å². The number of thioether (sulfide) groups is 1. The Labute approximate surface area is 103 Å². The van der Waals surface area contributed by atoms with E-state index in [9.17, 15) is 0 Å². The van der Waals surface area contributed by atoms with E-state index in [0.717, 1.165) is 17.3 Å². The summed E-state index contributed by atoms with van der Waals surface area (Å²) in [4.78, 5) is 4.44. The fraction of sp³-hybridized carbons (Fsp3) is 0.615. The number of anilines is 1. The van der Waals surface area contributed by atoms with Gasteiger partial charge in [-0.3, -0.25) is 0 Å². The van der Waals surface area contributed by atoms with Crippen LogP contribution in [0.25, 0.3) is 0 Å². The van der Waals surface area contributed by atoms with Gasteiger partial charge in [-0.05, 0) is 26.0 Å². The van der Waals surface area contributed by atoms with E-state index < -0.39 is 0 Å². The van der Waals surface area contributed by atoms with Gasteiger partial charge in [0.15, 0.2) is 0 Å². The lowest BCUT2D eigenvalue weighted by molar-refractivity contribution is 0.793. The third kappa shape index (κ3) is 5.40. The topological polar surface area (TPSA) is 24.9 Å². The van der Waals surface area contributed by atoms with Gasteiger partial charge in [-0.15, -0.1) is 0 Å². The zero-order valence-corrected chi connectivity index (χ0v) is 11.7. The van der Waals surface area contributed by atoms with Crippen LogP contribution in [0.4, 0.5) is 5.82 Å². The normalized spacial score (nSPS) is 13.6. The average molecular weight is 238 g/mol. The van der Waals surface area contributed by atoms with Crippen molar-refractivity contribution < 1.29 is 0 Å². The maximum atomic E-state index is 4.44. The second-order valence-corrected chi connectivity index (χ2v) is 6.98. The molecule has 1 rings (SSSR count). The lowest BCUT2D eigenvalue weighted by Crippen LogP contribution is -2.22. The number of rotatable bonds is 4. The molecule has 0 aliphatic rings. The quantitative estimate of drug-likeness (QED) is 0.865. The number of hydrogen-bond acceptors (Lipinski definition) is 3. The first kappa shape index (κ1) is 13.4. The summed E-state index contributed by atoms with van der Waals surface area (Å²) in [6.07, 6.45) is 0. The van der Waals surface area contributed by atoms with Gasteiger partial charge in [-0.1, -0.05) is 26.8 Å². The SMILES string of the molecule is Cc1cccc(NC(C)CSC(C)(C)C)n1. The number of pyridine rings is 1. The van der Waals surface area contributed by atoms with Crippen molar-refractivity contribution in [3.8, 4) is 0 Å². The van der Waals surface area contributed by atoms with E-state index in [0.29, 0.717) is 10.8 Å². The molecule has 0 saturated heterocycles. The smallest absolute Gasteiger partial charge is 0.126 e. The minimum atomic E-state index is 0.329. The van der Waals surface area contributed by atoms with Crippen LogP contribution in [-0.4, -0.2) is 21.5 Å². The summed E-state index contributed by atoms with van der Waals surface area (Å²) in [5, 5.41) is 3.42. The van der Waals surface area contributed by atoms with E-state index in [1.807, 2.05) is 36.9 Å². The van der Waals surface area contributed by atoms with Crippen LogP contribution < -0.4 is 5.32 Å². The third-order valence-corrected chi connectivity index (χ3v) is 3.58. The minimum absolute atomic E-state index is 0.329. The van der Waals surface area contributed by atoms with E-state index in [1.54, 1.807) is 0 Å². The molecule has 1 N–H and O–H groups in total. The van der Waals surface area contributed by atoms with Gasteiger partial charge in [0.05, 0.1) is 0 Å². The third-order valence-electron chi connectivity index (χ3n) is 2.05. The van der Waals surface area contributed by atoms with Crippen LogP contribution in [0.2, 0.25) is 0 Å². The second-order valence-electron chi connectivity index (χ2n) is 5.13. The zero-order valence-electron chi connectivity index (χ0n) is 10.9. The van der Waals surface area contributed by atoms with E-state index in [-0.39, 0.29) is 0 Å². The average Bonchev–Trinajstić information content (AvgIpc) is 2.14. The molecule has 3 heteroatoms. The fourth-order valence-corrected chi connectivity index (χ4v) is 2.13. The summed E-state index contributed by atoms with van der Waals surface area (Å²) < 4.78 is 0.329. The predicted molar refractivity (Wildman–Crippen MR) is 74.3 cm³/mol. The molecule has 0 saturated carbocycles. The molecular formula is C13H22N2S. The van der Waals surface area contributed by atoms with Crippen molar-refractivity contribution >= 4 is 17.6 Å². The summed E-state index contributed by atoms with van der Waals surface area (Å²) >= 11 is 1.97. The summed E-state index contributed by atoms with van der Waals surface area (Å²) in [7, 11) is 0. The van der Waals surface area contributed by atoms with Crippen molar-refractivity contribution in [3.63, 3.8) is 0 Å². The van der Waals surface area contributed by atoms with Gasteiger partial charge in [0.2, 0.25) is 0 Å². The lowest BCUT2D eigenvalue weighted by Gasteiger charge is -2.21. The van der Waals surface area contributed by atoms with Crippen molar-refractivity contribution in [2.24, 2.45) is 0 Å². The molecule has 0 fully saturated rings. The highest BCUT2D eigenvalue weighted by atomic mass is 32.2. The Bertz CT molecular complexity index is 331. The zero-order chi connectivity index (χ0) is 12.2. The molecule has 1 aromatic rings. The standard InChI is InChI=1S/C13H22N2S/c1-10-7-6-8-12(14-10)15-11(2)9-16-13(3,4)5/h6-8,11H,9H2,1-5H3,(H,14,15). The van der Waals surface area contributed by atoms with Crippen molar-refractivity contribution in [2.75, 3.05) is 11.1 Å².